The van der Waals surface area contributed by atoms with Crippen LogP contribution in [0.4, 0.5) is 0 Å². The van der Waals surface area contributed by atoms with Gasteiger partial charge in [-0.25, -0.2) is 0 Å². The average molecular weight is 238 g/mol. The highest BCUT2D eigenvalue weighted by Crippen LogP contribution is 2.16. The number of hydrogen-bond donors (Lipinski definition) is 2. The summed E-state index contributed by atoms with van der Waals surface area (Å²) in [6.45, 7) is 0.593. The Bertz CT molecular complexity index is 459. The number of rotatable bonds is 3. The Hall–Kier alpha value is -1.16. The van der Waals surface area contributed by atoms with Gasteiger partial charge in [0.1, 0.15) is 0 Å². The summed E-state index contributed by atoms with van der Waals surface area (Å²) in [5.74, 6) is 0. The summed E-state index contributed by atoms with van der Waals surface area (Å²) in [7, 11) is 0. The molecule has 0 spiro atoms. The fourth-order valence-electron chi connectivity index (χ4n) is 1.62. The zero-order valence-corrected chi connectivity index (χ0v) is 9.78. The van der Waals surface area contributed by atoms with E-state index >= 15 is 0 Å². The van der Waals surface area contributed by atoms with Crippen molar-refractivity contribution in [3.05, 3.63) is 42.1 Å². The molecule has 0 radical (unpaired) electrons. The number of benzene rings is 1. The summed E-state index contributed by atoms with van der Waals surface area (Å²) in [5.41, 5.74) is 13.3. The molecular formula is C12H16ClN3. The van der Waals surface area contributed by atoms with Gasteiger partial charge >= 0.3 is 0 Å². The lowest BCUT2D eigenvalue weighted by atomic mass is 10.1. The molecule has 1 aromatic carbocycles. The van der Waals surface area contributed by atoms with Crippen LogP contribution in [0.1, 0.15) is 18.2 Å². The van der Waals surface area contributed by atoms with Gasteiger partial charge in [-0.1, -0.05) is 24.3 Å². The normalized spacial score (nSPS) is 12.1. The number of para-hydroxylation sites is 1. The lowest BCUT2D eigenvalue weighted by Crippen LogP contribution is -2.16. The highest BCUT2D eigenvalue weighted by Gasteiger charge is 2.06. The Kier molecular flexibility index (Phi) is 4.68. The summed E-state index contributed by atoms with van der Waals surface area (Å²) in [4.78, 5) is 4.51. The third-order valence-electron chi connectivity index (χ3n) is 2.48. The Balaban J connectivity index is 0.00000128. The first-order chi connectivity index (χ1) is 7.31. The van der Waals surface area contributed by atoms with Crippen molar-refractivity contribution in [3.63, 3.8) is 0 Å². The van der Waals surface area contributed by atoms with Crippen LogP contribution in [0.2, 0.25) is 0 Å². The number of nitrogens with zero attached hydrogens (tertiary/aromatic N) is 1. The highest BCUT2D eigenvalue weighted by atomic mass is 35.5. The van der Waals surface area contributed by atoms with Gasteiger partial charge in [-0.15, -0.1) is 12.4 Å². The van der Waals surface area contributed by atoms with E-state index in [1.165, 1.54) is 0 Å². The molecule has 16 heavy (non-hydrogen) atoms. The van der Waals surface area contributed by atoms with E-state index in [4.69, 9.17) is 11.5 Å². The SMILES string of the molecule is Cl.NCC[C@@H](N)c1ccc2ccccc2n1. The molecule has 1 atom stereocenters. The first-order valence-corrected chi connectivity index (χ1v) is 5.12. The molecule has 0 aliphatic carbocycles. The Morgan fingerprint density at radius 1 is 1.12 bits per heavy atom. The summed E-state index contributed by atoms with van der Waals surface area (Å²) >= 11 is 0. The van der Waals surface area contributed by atoms with E-state index in [2.05, 4.69) is 4.98 Å². The van der Waals surface area contributed by atoms with Crippen molar-refractivity contribution in [2.75, 3.05) is 6.54 Å². The van der Waals surface area contributed by atoms with Crippen LogP contribution in [-0.4, -0.2) is 11.5 Å². The van der Waals surface area contributed by atoms with Crippen molar-refractivity contribution in [3.8, 4) is 0 Å². The summed E-state index contributed by atoms with van der Waals surface area (Å²) < 4.78 is 0. The summed E-state index contributed by atoms with van der Waals surface area (Å²) in [6, 6.07) is 12.0. The third-order valence-corrected chi connectivity index (χ3v) is 2.48. The van der Waals surface area contributed by atoms with Crippen LogP contribution in [0.5, 0.6) is 0 Å². The molecule has 4 N–H and O–H groups in total. The zero-order chi connectivity index (χ0) is 10.7. The molecule has 0 aliphatic rings. The molecule has 0 amide bonds. The lowest BCUT2D eigenvalue weighted by Gasteiger charge is -2.10. The monoisotopic (exact) mass is 237 g/mol. The predicted octanol–water partition coefficient (Wildman–Crippen LogP) is 2.01. The van der Waals surface area contributed by atoms with Crippen LogP contribution in [0.25, 0.3) is 10.9 Å². The number of pyridine rings is 1. The molecule has 86 valence electrons. The van der Waals surface area contributed by atoms with Crippen molar-refractivity contribution in [1.82, 2.24) is 4.98 Å². The van der Waals surface area contributed by atoms with E-state index < -0.39 is 0 Å². The minimum atomic E-state index is -0.0559. The number of hydrogen-bond acceptors (Lipinski definition) is 3. The summed E-state index contributed by atoms with van der Waals surface area (Å²) in [5, 5.41) is 1.14. The minimum Gasteiger partial charge on any atom is -0.330 e. The average Bonchev–Trinajstić information content (AvgIpc) is 2.29. The van der Waals surface area contributed by atoms with Gasteiger partial charge in [0.05, 0.1) is 11.2 Å². The molecule has 0 saturated carbocycles. The molecule has 2 aromatic rings. The van der Waals surface area contributed by atoms with Gasteiger partial charge in [-0.2, -0.15) is 0 Å². The molecular weight excluding hydrogens is 222 g/mol. The van der Waals surface area contributed by atoms with Crippen LogP contribution in [0.3, 0.4) is 0 Å². The molecule has 1 heterocycles. The molecule has 0 unspecified atom stereocenters. The first kappa shape index (κ1) is 12.9. The van der Waals surface area contributed by atoms with Crippen LogP contribution in [-0.2, 0) is 0 Å². The van der Waals surface area contributed by atoms with Crippen LogP contribution in [0.15, 0.2) is 36.4 Å². The van der Waals surface area contributed by atoms with Gasteiger partial charge in [0.2, 0.25) is 0 Å². The molecule has 0 fully saturated rings. The Morgan fingerprint density at radius 3 is 2.62 bits per heavy atom. The minimum absolute atomic E-state index is 0. The number of aromatic nitrogens is 1. The second kappa shape index (κ2) is 5.80. The third kappa shape index (κ3) is 2.70. The van der Waals surface area contributed by atoms with Crippen LogP contribution in [0, 0.1) is 0 Å². The van der Waals surface area contributed by atoms with E-state index in [0.717, 1.165) is 23.0 Å². The van der Waals surface area contributed by atoms with E-state index in [1.807, 2.05) is 36.4 Å². The molecule has 0 bridgehead atoms. The fraction of sp³-hybridized carbons (Fsp3) is 0.250. The molecule has 0 aliphatic heterocycles. The Labute approximate surface area is 101 Å². The number of halogens is 1. The van der Waals surface area contributed by atoms with Crippen molar-refractivity contribution in [1.29, 1.82) is 0 Å². The largest absolute Gasteiger partial charge is 0.330 e. The van der Waals surface area contributed by atoms with Gasteiger partial charge in [0, 0.05) is 11.4 Å². The summed E-state index contributed by atoms with van der Waals surface area (Å²) in [6.07, 6.45) is 0.769. The Morgan fingerprint density at radius 2 is 1.88 bits per heavy atom. The topological polar surface area (TPSA) is 64.9 Å². The van der Waals surface area contributed by atoms with Gasteiger partial charge in [0.25, 0.3) is 0 Å². The zero-order valence-electron chi connectivity index (χ0n) is 8.97. The van der Waals surface area contributed by atoms with E-state index in [0.29, 0.717) is 6.54 Å². The number of fused-ring (bicyclic) bond motifs is 1. The van der Waals surface area contributed by atoms with Crippen LogP contribution < -0.4 is 11.5 Å². The van der Waals surface area contributed by atoms with Crippen LogP contribution >= 0.6 is 12.4 Å². The molecule has 0 saturated heterocycles. The molecule has 4 heteroatoms. The maximum absolute atomic E-state index is 5.95. The lowest BCUT2D eigenvalue weighted by molar-refractivity contribution is 0.645. The van der Waals surface area contributed by atoms with Crippen molar-refractivity contribution in [2.24, 2.45) is 11.5 Å². The van der Waals surface area contributed by atoms with Crippen molar-refractivity contribution < 1.29 is 0 Å². The van der Waals surface area contributed by atoms with Gasteiger partial charge < -0.3 is 11.5 Å². The fourth-order valence-corrected chi connectivity index (χ4v) is 1.62. The maximum Gasteiger partial charge on any atom is 0.0706 e. The second-order valence-electron chi connectivity index (χ2n) is 3.61. The molecule has 3 nitrogen and oxygen atoms in total. The molecule has 1 aromatic heterocycles. The van der Waals surface area contributed by atoms with E-state index in [1.54, 1.807) is 0 Å². The molecule has 2 rings (SSSR count). The van der Waals surface area contributed by atoms with E-state index in [-0.39, 0.29) is 18.4 Å². The van der Waals surface area contributed by atoms with Gasteiger partial charge in [0.15, 0.2) is 0 Å². The van der Waals surface area contributed by atoms with Gasteiger partial charge in [-0.3, -0.25) is 4.98 Å². The second-order valence-corrected chi connectivity index (χ2v) is 3.61. The highest BCUT2D eigenvalue weighted by molar-refractivity contribution is 5.85. The standard InChI is InChI=1S/C12H15N3.ClH/c13-8-7-10(14)12-6-5-9-3-1-2-4-11(9)15-12;/h1-6,10H,7-8,13-14H2;1H/t10-;/m1./s1. The first-order valence-electron chi connectivity index (χ1n) is 5.12. The van der Waals surface area contributed by atoms with Gasteiger partial charge in [-0.05, 0) is 25.1 Å². The maximum atomic E-state index is 5.95. The van der Waals surface area contributed by atoms with Crippen molar-refractivity contribution >= 4 is 23.3 Å². The quantitative estimate of drug-likeness (QED) is 0.858. The smallest absolute Gasteiger partial charge is 0.0706 e. The predicted molar refractivity (Wildman–Crippen MR) is 69.6 cm³/mol. The number of nitrogens with two attached hydrogens (primary N) is 2. The van der Waals surface area contributed by atoms with Crippen molar-refractivity contribution in [2.45, 2.75) is 12.5 Å². The van der Waals surface area contributed by atoms with E-state index in [9.17, 15) is 0 Å².